The highest BCUT2D eigenvalue weighted by Crippen LogP contribution is 2.28. The quantitative estimate of drug-likeness (QED) is 0.338. The molecule has 2 aromatic carbocycles. The van der Waals surface area contributed by atoms with Gasteiger partial charge in [0, 0.05) is 23.4 Å². The largest absolute Gasteiger partial charge is 0.459 e. The zero-order chi connectivity index (χ0) is 21.0. The number of aryl methyl sites for hydroxylation is 1. The molecular formula is C21H17ClN2O5. The van der Waals surface area contributed by atoms with Crippen molar-refractivity contribution in [1.82, 2.24) is 0 Å². The lowest BCUT2D eigenvalue weighted by Crippen LogP contribution is -2.07. The molecule has 0 aliphatic rings. The van der Waals surface area contributed by atoms with Crippen molar-refractivity contribution in [1.29, 1.82) is 0 Å². The maximum atomic E-state index is 12.2. The molecule has 0 atom stereocenters. The molecule has 0 unspecified atom stereocenters. The van der Waals surface area contributed by atoms with Gasteiger partial charge in [-0.3, -0.25) is 14.9 Å². The van der Waals surface area contributed by atoms with E-state index in [1.165, 1.54) is 24.3 Å². The molecule has 1 amide bonds. The summed E-state index contributed by atoms with van der Waals surface area (Å²) in [6.45, 7) is 1.71. The number of nitrogens with one attached hydrogen (secondary N) is 1. The van der Waals surface area contributed by atoms with Crippen LogP contribution in [0.1, 0.15) is 16.9 Å². The molecule has 0 fully saturated rings. The van der Waals surface area contributed by atoms with Crippen LogP contribution in [-0.2, 0) is 11.4 Å². The van der Waals surface area contributed by atoms with Crippen molar-refractivity contribution in [2.75, 3.05) is 5.32 Å². The first-order valence-corrected chi connectivity index (χ1v) is 8.99. The van der Waals surface area contributed by atoms with E-state index < -0.39 is 4.92 Å². The second-order valence-corrected chi connectivity index (χ2v) is 6.65. The number of nitro benzene ring substituents is 1. The number of amides is 1. The third-order valence-corrected chi connectivity index (χ3v) is 4.49. The zero-order valence-electron chi connectivity index (χ0n) is 15.4. The van der Waals surface area contributed by atoms with Gasteiger partial charge in [0.05, 0.1) is 4.92 Å². The van der Waals surface area contributed by atoms with Gasteiger partial charge in [0.2, 0.25) is 5.91 Å². The Labute approximate surface area is 171 Å². The molecule has 1 heterocycles. The van der Waals surface area contributed by atoms with Gasteiger partial charge in [0.1, 0.15) is 23.2 Å². The van der Waals surface area contributed by atoms with Crippen LogP contribution in [0, 0.1) is 17.0 Å². The molecule has 8 heteroatoms. The van der Waals surface area contributed by atoms with Gasteiger partial charge >= 0.3 is 0 Å². The number of hydrogen-bond acceptors (Lipinski definition) is 5. The Balaban J connectivity index is 1.71. The standard InChI is InChI=1S/C21H17ClN2O5/c1-13-10-15(4-6-17(13)20-8-5-16(12-25)29-20)23-21(26)9-3-14-2-7-18(22)19(11-14)24(27)28/h2-11,25H,12H2,1H3,(H,23,26)/b9-3+. The van der Waals surface area contributed by atoms with E-state index in [-0.39, 0.29) is 23.2 Å². The number of halogens is 1. The van der Waals surface area contributed by atoms with Crippen molar-refractivity contribution < 1.29 is 19.2 Å². The summed E-state index contributed by atoms with van der Waals surface area (Å²) in [4.78, 5) is 22.5. The Bertz CT molecular complexity index is 1100. The summed E-state index contributed by atoms with van der Waals surface area (Å²) in [5.41, 5.74) is 2.60. The van der Waals surface area contributed by atoms with Crippen LogP contribution in [0.5, 0.6) is 0 Å². The Morgan fingerprint density at radius 3 is 2.69 bits per heavy atom. The van der Waals surface area contributed by atoms with E-state index in [0.29, 0.717) is 22.8 Å². The Morgan fingerprint density at radius 2 is 2.03 bits per heavy atom. The molecule has 2 N–H and O–H groups in total. The Hall–Kier alpha value is -3.42. The fourth-order valence-corrected chi connectivity index (χ4v) is 2.94. The maximum absolute atomic E-state index is 12.2. The van der Waals surface area contributed by atoms with Crippen LogP contribution in [0.2, 0.25) is 5.02 Å². The molecule has 0 radical (unpaired) electrons. The van der Waals surface area contributed by atoms with Crippen LogP contribution < -0.4 is 5.32 Å². The highest BCUT2D eigenvalue weighted by molar-refractivity contribution is 6.32. The fraction of sp³-hybridized carbons (Fsp3) is 0.0952. The van der Waals surface area contributed by atoms with Crippen LogP contribution in [0.25, 0.3) is 17.4 Å². The van der Waals surface area contributed by atoms with Gasteiger partial charge < -0.3 is 14.8 Å². The number of rotatable bonds is 6. The minimum Gasteiger partial charge on any atom is -0.459 e. The summed E-state index contributed by atoms with van der Waals surface area (Å²) < 4.78 is 5.54. The van der Waals surface area contributed by atoms with Crippen LogP contribution in [0.4, 0.5) is 11.4 Å². The molecule has 0 aliphatic heterocycles. The van der Waals surface area contributed by atoms with E-state index in [1.54, 1.807) is 30.3 Å². The number of anilines is 1. The second kappa shape index (κ2) is 8.72. The third-order valence-electron chi connectivity index (χ3n) is 4.17. The van der Waals surface area contributed by atoms with E-state index in [0.717, 1.165) is 11.1 Å². The number of aliphatic hydroxyl groups excluding tert-OH is 1. The summed E-state index contributed by atoms with van der Waals surface area (Å²) in [6.07, 6.45) is 2.76. The minimum absolute atomic E-state index is 0.0369. The number of aliphatic hydroxyl groups is 1. The topological polar surface area (TPSA) is 106 Å². The average Bonchev–Trinajstić information content (AvgIpc) is 3.16. The fourth-order valence-electron chi connectivity index (χ4n) is 2.75. The summed E-state index contributed by atoms with van der Waals surface area (Å²) in [7, 11) is 0. The lowest BCUT2D eigenvalue weighted by atomic mass is 10.1. The van der Waals surface area contributed by atoms with Crippen LogP contribution in [0.15, 0.2) is 59.0 Å². The monoisotopic (exact) mass is 412 g/mol. The molecule has 29 heavy (non-hydrogen) atoms. The van der Waals surface area contributed by atoms with E-state index in [4.69, 9.17) is 21.1 Å². The third kappa shape index (κ3) is 4.90. The molecule has 0 spiro atoms. The van der Waals surface area contributed by atoms with E-state index in [9.17, 15) is 14.9 Å². The van der Waals surface area contributed by atoms with Crippen molar-refractivity contribution in [2.24, 2.45) is 0 Å². The normalized spacial score (nSPS) is 11.0. The van der Waals surface area contributed by atoms with Crippen molar-refractivity contribution >= 4 is 35.0 Å². The van der Waals surface area contributed by atoms with Crippen LogP contribution in [-0.4, -0.2) is 15.9 Å². The lowest BCUT2D eigenvalue weighted by Gasteiger charge is -2.07. The van der Waals surface area contributed by atoms with Gasteiger partial charge in [-0.15, -0.1) is 0 Å². The van der Waals surface area contributed by atoms with Gasteiger partial charge in [-0.1, -0.05) is 17.7 Å². The van der Waals surface area contributed by atoms with Crippen LogP contribution >= 0.6 is 11.6 Å². The SMILES string of the molecule is Cc1cc(NC(=O)/C=C/c2ccc(Cl)c([N+](=O)[O-])c2)ccc1-c1ccc(CO)o1. The van der Waals surface area contributed by atoms with Gasteiger partial charge in [0.25, 0.3) is 5.69 Å². The predicted molar refractivity (Wildman–Crippen MR) is 111 cm³/mol. The van der Waals surface area contributed by atoms with Gasteiger partial charge in [-0.25, -0.2) is 0 Å². The molecule has 1 aromatic heterocycles. The molecule has 148 valence electrons. The molecule has 0 aliphatic carbocycles. The molecular weight excluding hydrogens is 396 g/mol. The van der Waals surface area contributed by atoms with Crippen molar-refractivity contribution in [2.45, 2.75) is 13.5 Å². The number of carbonyl (C=O) groups excluding carboxylic acids is 1. The average molecular weight is 413 g/mol. The zero-order valence-corrected chi connectivity index (χ0v) is 16.1. The number of furan rings is 1. The molecule has 0 saturated heterocycles. The first-order valence-electron chi connectivity index (χ1n) is 8.61. The number of benzene rings is 2. The maximum Gasteiger partial charge on any atom is 0.288 e. The summed E-state index contributed by atoms with van der Waals surface area (Å²) >= 11 is 5.78. The Morgan fingerprint density at radius 1 is 1.24 bits per heavy atom. The predicted octanol–water partition coefficient (Wildman–Crippen LogP) is 4.96. The lowest BCUT2D eigenvalue weighted by molar-refractivity contribution is -0.384. The van der Waals surface area contributed by atoms with E-state index in [2.05, 4.69) is 5.32 Å². The molecule has 0 bridgehead atoms. The molecule has 0 saturated carbocycles. The minimum atomic E-state index is -0.577. The van der Waals surface area contributed by atoms with Gasteiger partial charge in [0.15, 0.2) is 0 Å². The highest BCUT2D eigenvalue weighted by atomic mass is 35.5. The summed E-state index contributed by atoms with van der Waals surface area (Å²) in [5, 5.41) is 22.8. The van der Waals surface area contributed by atoms with Crippen molar-refractivity contribution in [3.63, 3.8) is 0 Å². The number of nitrogens with zero attached hydrogens (tertiary/aromatic N) is 1. The molecule has 3 aromatic rings. The van der Waals surface area contributed by atoms with Crippen molar-refractivity contribution in [3.05, 3.63) is 86.6 Å². The second-order valence-electron chi connectivity index (χ2n) is 6.24. The van der Waals surface area contributed by atoms with Crippen molar-refractivity contribution in [3.8, 4) is 11.3 Å². The molecule has 7 nitrogen and oxygen atoms in total. The first-order chi connectivity index (χ1) is 13.9. The van der Waals surface area contributed by atoms with Gasteiger partial charge in [-0.05, 0) is 60.5 Å². The summed E-state index contributed by atoms with van der Waals surface area (Å²) in [6, 6.07) is 13.1. The Kier molecular flexibility index (Phi) is 6.11. The van der Waals surface area contributed by atoms with Gasteiger partial charge in [-0.2, -0.15) is 0 Å². The summed E-state index contributed by atoms with van der Waals surface area (Å²) in [5.74, 6) is 0.730. The van der Waals surface area contributed by atoms with E-state index in [1.807, 2.05) is 13.0 Å². The number of carbonyl (C=O) groups is 1. The van der Waals surface area contributed by atoms with Crippen LogP contribution in [0.3, 0.4) is 0 Å². The van der Waals surface area contributed by atoms with E-state index >= 15 is 0 Å². The number of nitro groups is 1. The highest BCUT2D eigenvalue weighted by Gasteiger charge is 2.12. The first kappa shape index (κ1) is 20.3. The molecule has 3 rings (SSSR count). The number of hydrogen-bond donors (Lipinski definition) is 2. The smallest absolute Gasteiger partial charge is 0.288 e.